The second-order valence-corrected chi connectivity index (χ2v) is 6.03. The third-order valence-electron chi connectivity index (χ3n) is 3.90. The SMILES string of the molecule is CC(Nc1nnc(-c2ccc3[nH]ncc3c2)o1)c1ccc(F)c(Cl)c1. The zero-order valence-electron chi connectivity index (χ0n) is 13.1. The van der Waals surface area contributed by atoms with Crippen LogP contribution in [0, 0.1) is 5.82 Å². The van der Waals surface area contributed by atoms with Crippen LogP contribution in [0.5, 0.6) is 0 Å². The molecule has 0 radical (unpaired) electrons. The lowest BCUT2D eigenvalue weighted by molar-refractivity contribution is 0.573. The predicted octanol–water partition coefficient (Wildman–Crippen LogP) is 4.58. The number of hydrogen-bond donors (Lipinski definition) is 2. The van der Waals surface area contributed by atoms with Gasteiger partial charge in [0, 0.05) is 10.9 Å². The smallest absolute Gasteiger partial charge is 0.316 e. The molecule has 25 heavy (non-hydrogen) atoms. The Bertz CT molecular complexity index is 1040. The summed E-state index contributed by atoms with van der Waals surface area (Å²) in [5, 5.41) is 19.1. The van der Waals surface area contributed by atoms with Crippen LogP contribution in [-0.2, 0) is 0 Å². The fraction of sp³-hybridized carbons (Fsp3) is 0.118. The molecule has 4 rings (SSSR count). The highest BCUT2D eigenvalue weighted by Crippen LogP contribution is 2.26. The van der Waals surface area contributed by atoms with Gasteiger partial charge in [-0.15, -0.1) is 5.10 Å². The van der Waals surface area contributed by atoms with Gasteiger partial charge in [-0.3, -0.25) is 5.10 Å². The fourth-order valence-electron chi connectivity index (χ4n) is 2.52. The lowest BCUT2D eigenvalue weighted by Gasteiger charge is -2.12. The van der Waals surface area contributed by atoms with Crippen molar-refractivity contribution in [1.82, 2.24) is 20.4 Å². The molecule has 0 aliphatic carbocycles. The third kappa shape index (κ3) is 3.06. The number of H-pyrrole nitrogens is 1. The molecule has 4 aromatic rings. The summed E-state index contributed by atoms with van der Waals surface area (Å²) in [5.41, 5.74) is 2.54. The standard InChI is InChI=1S/C17H13ClFN5O/c1-9(10-2-4-14(19)13(18)7-10)21-17-24-23-16(25-17)11-3-5-15-12(6-11)8-20-22-15/h2-9H,1H3,(H,20,22)(H,21,24). The largest absolute Gasteiger partial charge is 0.403 e. The maximum Gasteiger partial charge on any atom is 0.316 e. The summed E-state index contributed by atoms with van der Waals surface area (Å²) in [6, 6.07) is 10.3. The van der Waals surface area contributed by atoms with E-state index in [0.29, 0.717) is 5.89 Å². The molecule has 2 heterocycles. The van der Waals surface area contributed by atoms with Gasteiger partial charge in [0.2, 0.25) is 5.89 Å². The monoisotopic (exact) mass is 357 g/mol. The number of rotatable bonds is 4. The fourth-order valence-corrected chi connectivity index (χ4v) is 2.71. The van der Waals surface area contributed by atoms with Crippen LogP contribution in [0.3, 0.4) is 0 Å². The van der Waals surface area contributed by atoms with E-state index in [1.54, 1.807) is 18.3 Å². The summed E-state index contributed by atoms with van der Waals surface area (Å²) >= 11 is 5.82. The summed E-state index contributed by atoms with van der Waals surface area (Å²) in [5.74, 6) is -0.0535. The Labute approximate surface area is 147 Å². The molecule has 0 fully saturated rings. The van der Waals surface area contributed by atoms with Crippen LogP contribution in [0.15, 0.2) is 47.0 Å². The van der Waals surface area contributed by atoms with Crippen molar-refractivity contribution in [2.75, 3.05) is 5.32 Å². The molecular weight excluding hydrogens is 345 g/mol. The first-order valence-electron chi connectivity index (χ1n) is 7.58. The summed E-state index contributed by atoms with van der Waals surface area (Å²) in [4.78, 5) is 0. The molecule has 0 spiro atoms. The van der Waals surface area contributed by atoms with Gasteiger partial charge < -0.3 is 9.73 Å². The Hall–Kier alpha value is -2.93. The summed E-state index contributed by atoms with van der Waals surface area (Å²) in [6.07, 6.45) is 1.73. The van der Waals surface area contributed by atoms with Gasteiger partial charge in [-0.1, -0.05) is 22.8 Å². The highest BCUT2D eigenvalue weighted by molar-refractivity contribution is 6.30. The van der Waals surface area contributed by atoms with Gasteiger partial charge >= 0.3 is 6.01 Å². The van der Waals surface area contributed by atoms with Crippen LogP contribution >= 0.6 is 11.6 Å². The molecule has 2 aromatic heterocycles. The molecule has 8 heteroatoms. The molecule has 6 nitrogen and oxygen atoms in total. The number of aromatic nitrogens is 4. The van der Waals surface area contributed by atoms with Crippen molar-refractivity contribution < 1.29 is 8.81 Å². The summed E-state index contributed by atoms with van der Waals surface area (Å²) < 4.78 is 18.9. The van der Waals surface area contributed by atoms with Gasteiger partial charge in [-0.2, -0.15) is 5.10 Å². The highest BCUT2D eigenvalue weighted by atomic mass is 35.5. The average Bonchev–Trinajstić information content (AvgIpc) is 3.25. The molecular formula is C17H13ClFN5O. The third-order valence-corrected chi connectivity index (χ3v) is 4.19. The first-order valence-corrected chi connectivity index (χ1v) is 7.96. The lowest BCUT2D eigenvalue weighted by Crippen LogP contribution is -2.07. The van der Waals surface area contributed by atoms with Crippen molar-refractivity contribution in [2.45, 2.75) is 13.0 Å². The number of anilines is 1. The molecule has 0 saturated carbocycles. The van der Waals surface area contributed by atoms with Crippen LogP contribution in [0.4, 0.5) is 10.4 Å². The number of hydrogen-bond acceptors (Lipinski definition) is 5. The number of aromatic amines is 1. The van der Waals surface area contributed by atoms with E-state index in [0.717, 1.165) is 22.0 Å². The summed E-state index contributed by atoms with van der Waals surface area (Å²) in [7, 11) is 0. The van der Waals surface area contributed by atoms with E-state index in [2.05, 4.69) is 25.7 Å². The van der Waals surface area contributed by atoms with Crippen LogP contribution in [-0.4, -0.2) is 20.4 Å². The van der Waals surface area contributed by atoms with Crippen LogP contribution in [0.25, 0.3) is 22.4 Å². The molecule has 0 amide bonds. The van der Waals surface area contributed by atoms with E-state index in [1.165, 1.54) is 6.07 Å². The minimum Gasteiger partial charge on any atom is -0.403 e. The number of benzene rings is 2. The van der Waals surface area contributed by atoms with Crippen molar-refractivity contribution in [3.63, 3.8) is 0 Å². The van der Waals surface area contributed by atoms with Gasteiger partial charge in [0.25, 0.3) is 0 Å². The van der Waals surface area contributed by atoms with E-state index in [1.807, 2.05) is 25.1 Å². The van der Waals surface area contributed by atoms with Gasteiger partial charge in [0.05, 0.1) is 22.8 Å². The van der Waals surface area contributed by atoms with Crippen LogP contribution < -0.4 is 5.32 Å². The summed E-state index contributed by atoms with van der Waals surface area (Å²) in [6.45, 7) is 1.89. The normalized spacial score (nSPS) is 12.4. The van der Waals surface area contributed by atoms with Crippen molar-refractivity contribution >= 4 is 28.5 Å². The molecule has 2 aromatic carbocycles. The Morgan fingerprint density at radius 2 is 2.08 bits per heavy atom. The van der Waals surface area contributed by atoms with Gasteiger partial charge in [0.1, 0.15) is 5.82 Å². The number of fused-ring (bicyclic) bond motifs is 1. The van der Waals surface area contributed by atoms with E-state index >= 15 is 0 Å². The Morgan fingerprint density at radius 1 is 1.20 bits per heavy atom. The average molecular weight is 358 g/mol. The van der Waals surface area contributed by atoms with Crippen molar-refractivity contribution in [3.8, 4) is 11.5 Å². The van der Waals surface area contributed by atoms with Crippen molar-refractivity contribution in [1.29, 1.82) is 0 Å². The molecule has 1 unspecified atom stereocenters. The zero-order chi connectivity index (χ0) is 17.4. The maximum absolute atomic E-state index is 13.3. The van der Waals surface area contributed by atoms with Crippen LogP contribution in [0.2, 0.25) is 5.02 Å². The molecule has 2 N–H and O–H groups in total. The van der Waals surface area contributed by atoms with E-state index in [4.69, 9.17) is 16.0 Å². The Kier molecular flexibility index (Phi) is 3.85. The number of nitrogens with one attached hydrogen (secondary N) is 2. The topological polar surface area (TPSA) is 79.6 Å². The van der Waals surface area contributed by atoms with Crippen LogP contribution in [0.1, 0.15) is 18.5 Å². The van der Waals surface area contributed by atoms with Gasteiger partial charge in [-0.25, -0.2) is 4.39 Å². The van der Waals surface area contributed by atoms with E-state index in [-0.39, 0.29) is 17.1 Å². The first-order chi connectivity index (χ1) is 12.1. The van der Waals surface area contributed by atoms with E-state index < -0.39 is 5.82 Å². The minimum atomic E-state index is -0.452. The number of nitrogens with zero attached hydrogens (tertiary/aromatic N) is 3. The van der Waals surface area contributed by atoms with Gasteiger partial charge in [0.15, 0.2) is 0 Å². The second kappa shape index (κ2) is 6.18. The highest BCUT2D eigenvalue weighted by Gasteiger charge is 2.14. The van der Waals surface area contributed by atoms with Gasteiger partial charge in [-0.05, 0) is 42.8 Å². The number of halogens is 2. The Morgan fingerprint density at radius 3 is 2.92 bits per heavy atom. The maximum atomic E-state index is 13.3. The zero-order valence-corrected chi connectivity index (χ0v) is 13.9. The first kappa shape index (κ1) is 15.6. The van der Waals surface area contributed by atoms with Crippen molar-refractivity contribution in [3.05, 3.63) is 59.0 Å². The molecule has 1 atom stereocenters. The second-order valence-electron chi connectivity index (χ2n) is 5.62. The molecule has 0 aliphatic heterocycles. The van der Waals surface area contributed by atoms with Crippen molar-refractivity contribution in [2.24, 2.45) is 0 Å². The molecule has 126 valence electrons. The van der Waals surface area contributed by atoms with E-state index in [9.17, 15) is 4.39 Å². The minimum absolute atomic E-state index is 0.0748. The predicted molar refractivity (Wildman–Crippen MR) is 92.8 cm³/mol. The Balaban J connectivity index is 1.55. The molecule has 0 saturated heterocycles. The quantitative estimate of drug-likeness (QED) is 0.559. The molecule has 0 aliphatic rings. The lowest BCUT2D eigenvalue weighted by atomic mass is 10.1. The molecule has 0 bridgehead atoms.